The van der Waals surface area contributed by atoms with Crippen molar-refractivity contribution in [1.29, 1.82) is 0 Å². The van der Waals surface area contributed by atoms with Gasteiger partial charge in [0, 0.05) is 6.04 Å². The van der Waals surface area contributed by atoms with Gasteiger partial charge in [-0.1, -0.05) is 0 Å². The molecule has 5 nitrogen and oxygen atoms in total. The molecule has 2 rings (SSSR count). The van der Waals surface area contributed by atoms with Crippen LogP contribution >= 0.6 is 0 Å². The zero-order chi connectivity index (χ0) is 14.6. The number of benzene rings is 1. The highest BCUT2D eigenvalue weighted by Crippen LogP contribution is 2.21. The maximum absolute atomic E-state index is 12.2. The third-order valence-electron chi connectivity index (χ3n) is 3.46. The second kappa shape index (κ2) is 6.56. The highest BCUT2D eigenvalue weighted by Gasteiger charge is 2.24. The van der Waals surface area contributed by atoms with Gasteiger partial charge in [-0.3, -0.25) is 0 Å². The summed E-state index contributed by atoms with van der Waals surface area (Å²) in [6, 6.07) is 6.32. The molecular weight excluding hydrogens is 278 g/mol. The van der Waals surface area contributed by atoms with E-state index in [1.807, 2.05) is 6.92 Å². The van der Waals surface area contributed by atoms with Crippen LogP contribution in [0.2, 0.25) is 0 Å². The lowest BCUT2D eigenvalue weighted by molar-refractivity contribution is 0.120. The molecule has 0 aromatic heterocycles. The molecule has 0 unspecified atom stereocenters. The Morgan fingerprint density at radius 2 is 1.80 bits per heavy atom. The monoisotopic (exact) mass is 299 g/mol. The van der Waals surface area contributed by atoms with Crippen LogP contribution in [0.5, 0.6) is 5.75 Å². The van der Waals surface area contributed by atoms with Crippen LogP contribution in [-0.2, 0) is 10.0 Å². The molecule has 1 aromatic carbocycles. The predicted octanol–water partition coefficient (Wildman–Crippen LogP) is 1.67. The maximum atomic E-state index is 12.2. The zero-order valence-corrected chi connectivity index (χ0v) is 12.4. The third-order valence-corrected chi connectivity index (χ3v) is 5.00. The van der Waals surface area contributed by atoms with Crippen LogP contribution in [-0.4, -0.2) is 32.3 Å². The predicted molar refractivity (Wildman–Crippen MR) is 76.2 cm³/mol. The molecule has 1 aliphatic rings. The molecule has 20 heavy (non-hydrogen) atoms. The van der Waals surface area contributed by atoms with Crippen LogP contribution in [0.3, 0.4) is 0 Å². The minimum absolute atomic E-state index is 0.0880. The molecular formula is C14H21NO4S. The van der Waals surface area contributed by atoms with Crippen molar-refractivity contribution in [2.75, 3.05) is 6.61 Å². The SMILES string of the molecule is CCOc1ccc(S(=O)(=O)NC2CCC(O)CC2)cc1. The number of rotatable bonds is 5. The Hall–Kier alpha value is -1.11. The van der Waals surface area contributed by atoms with E-state index in [4.69, 9.17) is 4.74 Å². The van der Waals surface area contributed by atoms with E-state index >= 15 is 0 Å². The molecule has 1 saturated carbocycles. The maximum Gasteiger partial charge on any atom is 0.240 e. The standard InChI is InChI=1S/C14H21NO4S/c1-2-19-13-7-9-14(10-8-13)20(17,18)15-11-3-5-12(16)6-4-11/h7-12,15-16H,2-6H2,1H3. The molecule has 112 valence electrons. The van der Waals surface area contributed by atoms with E-state index in [1.165, 1.54) is 0 Å². The molecule has 0 radical (unpaired) electrons. The second-order valence-electron chi connectivity index (χ2n) is 5.03. The lowest BCUT2D eigenvalue weighted by Gasteiger charge is -2.25. The summed E-state index contributed by atoms with van der Waals surface area (Å²) in [5, 5.41) is 9.43. The number of aliphatic hydroxyl groups is 1. The van der Waals surface area contributed by atoms with Gasteiger partial charge in [-0.05, 0) is 56.9 Å². The minimum atomic E-state index is -3.50. The van der Waals surface area contributed by atoms with Crippen molar-refractivity contribution in [2.24, 2.45) is 0 Å². The van der Waals surface area contributed by atoms with Gasteiger partial charge >= 0.3 is 0 Å². The van der Waals surface area contributed by atoms with Gasteiger partial charge in [-0.25, -0.2) is 13.1 Å². The Kier molecular flexibility index (Phi) is 5.01. The van der Waals surface area contributed by atoms with Crippen LogP contribution in [0.25, 0.3) is 0 Å². The normalized spacial score (nSPS) is 23.5. The summed E-state index contributed by atoms with van der Waals surface area (Å²) in [6.07, 6.45) is 2.36. The molecule has 0 bridgehead atoms. The third kappa shape index (κ3) is 3.94. The molecule has 0 spiro atoms. The van der Waals surface area contributed by atoms with Crippen molar-refractivity contribution in [3.05, 3.63) is 24.3 Å². The van der Waals surface area contributed by atoms with Crippen molar-refractivity contribution in [2.45, 2.75) is 49.6 Å². The van der Waals surface area contributed by atoms with Crippen LogP contribution in [0.4, 0.5) is 0 Å². The zero-order valence-electron chi connectivity index (χ0n) is 11.6. The molecule has 0 atom stereocenters. The van der Waals surface area contributed by atoms with Crippen molar-refractivity contribution in [1.82, 2.24) is 4.72 Å². The van der Waals surface area contributed by atoms with Gasteiger partial charge in [0.25, 0.3) is 0 Å². The summed E-state index contributed by atoms with van der Waals surface area (Å²) in [5.74, 6) is 0.659. The lowest BCUT2D eigenvalue weighted by Crippen LogP contribution is -2.38. The first kappa shape index (κ1) is 15.3. The van der Waals surface area contributed by atoms with Crippen LogP contribution in [0, 0.1) is 0 Å². The fourth-order valence-corrected chi connectivity index (χ4v) is 3.67. The molecule has 0 saturated heterocycles. The molecule has 1 aliphatic carbocycles. The molecule has 0 amide bonds. The van der Waals surface area contributed by atoms with Crippen LogP contribution in [0.15, 0.2) is 29.2 Å². The molecule has 6 heteroatoms. The molecule has 0 aliphatic heterocycles. The quantitative estimate of drug-likeness (QED) is 0.867. The van der Waals surface area contributed by atoms with Crippen LogP contribution in [0.1, 0.15) is 32.6 Å². The minimum Gasteiger partial charge on any atom is -0.494 e. The van der Waals surface area contributed by atoms with Crippen LogP contribution < -0.4 is 9.46 Å². The van der Waals surface area contributed by atoms with Gasteiger partial charge < -0.3 is 9.84 Å². The first-order valence-corrected chi connectivity index (χ1v) is 8.43. The fourth-order valence-electron chi connectivity index (χ4n) is 2.36. The van der Waals surface area contributed by atoms with E-state index in [-0.39, 0.29) is 17.0 Å². The molecule has 1 aromatic rings. The number of hydrogen-bond acceptors (Lipinski definition) is 4. The van der Waals surface area contributed by atoms with Gasteiger partial charge in [0.15, 0.2) is 0 Å². The van der Waals surface area contributed by atoms with Gasteiger partial charge in [-0.15, -0.1) is 0 Å². The number of sulfonamides is 1. The Labute approximate surface area is 120 Å². The number of aliphatic hydroxyl groups excluding tert-OH is 1. The summed E-state index contributed by atoms with van der Waals surface area (Å²) in [7, 11) is -3.50. The summed E-state index contributed by atoms with van der Waals surface area (Å²) in [5.41, 5.74) is 0. The smallest absolute Gasteiger partial charge is 0.240 e. The average Bonchev–Trinajstić information content (AvgIpc) is 2.42. The van der Waals surface area contributed by atoms with Gasteiger partial charge in [0.2, 0.25) is 10.0 Å². The largest absolute Gasteiger partial charge is 0.494 e. The summed E-state index contributed by atoms with van der Waals surface area (Å²) in [6.45, 7) is 2.43. The molecule has 0 heterocycles. The average molecular weight is 299 g/mol. The van der Waals surface area contributed by atoms with E-state index in [0.29, 0.717) is 38.0 Å². The van der Waals surface area contributed by atoms with Gasteiger partial charge in [-0.2, -0.15) is 0 Å². The number of hydrogen-bond donors (Lipinski definition) is 2. The van der Waals surface area contributed by atoms with E-state index in [1.54, 1.807) is 24.3 Å². The van der Waals surface area contributed by atoms with E-state index in [2.05, 4.69) is 4.72 Å². The van der Waals surface area contributed by atoms with E-state index < -0.39 is 10.0 Å². The fraction of sp³-hybridized carbons (Fsp3) is 0.571. The first-order valence-electron chi connectivity index (χ1n) is 6.94. The Morgan fingerprint density at radius 3 is 2.35 bits per heavy atom. The topological polar surface area (TPSA) is 75.6 Å². The van der Waals surface area contributed by atoms with Gasteiger partial charge in [0.1, 0.15) is 5.75 Å². The second-order valence-corrected chi connectivity index (χ2v) is 6.75. The molecule has 2 N–H and O–H groups in total. The van der Waals surface area contributed by atoms with Crippen molar-refractivity contribution in [3.8, 4) is 5.75 Å². The summed E-state index contributed by atoms with van der Waals surface area (Å²) < 4.78 is 32.5. The van der Waals surface area contributed by atoms with Crippen molar-refractivity contribution >= 4 is 10.0 Å². The first-order chi connectivity index (χ1) is 9.51. The Morgan fingerprint density at radius 1 is 1.20 bits per heavy atom. The summed E-state index contributed by atoms with van der Waals surface area (Å²) in [4.78, 5) is 0.243. The van der Waals surface area contributed by atoms with E-state index in [0.717, 1.165) is 0 Å². The highest BCUT2D eigenvalue weighted by atomic mass is 32.2. The summed E-state index contributed by atoms with van der Waals surface area (Å²) >= 11 is 0. The number of ether oxygens (including phenoxy) is 1. The number of nitrogens with one attached hydrogen (secondary N) is 1. The van der Waals surface area contributed by atoms with Crippen molar-refractivity contribution in [3.63, 3.8) is 0 Å². The highest BCUT2D eigenvalue weighted by molar-refractivity contribution is 7.89. The lowest BCUT2D eigenvalue weighted by atomic mass is 9.94. The van der Waals surface area contributed by atoms with Gasteiger partial charge in [0.05, 0.1) is 17.6 Å². The molecule has 1 fully saturated rings. The van der Waals surface area contributed by atoms with E-state index in [9.17, 15) is 13.5 Å². The Bertz CT molecular complexity index is 519. The van der Waals surface area contributed by atoms with Crippen molar-refractivity contribution < 1.29 is 18.3 Å². The Balaban J connectivity index is 2.02.